The number of hydrogen-bond acceptors (Lipinski definition) is 7. The minimum Gasteiger partial charge on any atom is -0.478 e. The lowest BCUT2D eigenvalue weighted by Gasteiger charge is -2.17. The molecule has 6 aromatic rings. The van der Waals surface area contributed by atoms with Gasteiger partial charge in [0.2, 0.25) is 11.8 Å². The lowest BCUT2D eigenvalue weighted by Crippen LogP contribution is -2.23. The van der Waals surface area contributed by atoms with Crippen LogP contribution in [0.1, 0.15) is 59.7 Å². The third-order valence-electron chi connectivity index (χ3n) is 9.27. The van der Waals surface area contributed by atoms with Gasteiger partial charge in [0.1, 0.15) is 39.9 Å². The molecule has 2 aliphatic rings. The van der Waals surface area contributed by atoms with Crippen molar-refractivity contribution in [3.05, 3.63) is 105 Å². The third kappa shape index (κ3) is 7.84. The second-order valence-corrected chi connectivity index (χ2v) is 14.3. The van der Waals surface area contributed by atoms with Crippen LogP contribution < -0.4 is 15.5 Å². The Morgan fingerprint density at radius 2 is 1.11 bits per heavy atom. The van der Waals surface area contributed by atoms with E-state index >= 15 is 0 Å². The molecule has 2 aromatic heterocycles. The van der Waals surface area contributed by atoms with Crippen molar-refractivity contribution in [1.29, 1.82) is 0 Å². The number of carboxylic acid groups (broad SMARTS) is 1. The van der Waals surface area contributed by atoms with E-state index in [4.69, 9.17) is 8.83 Å². The average Bonchev–Trinajstić information content (AvgIpc) is 3.97. The fourth-order valence-electron chi connectivity index (χ4n) is 6.71. The van der Waals surface area contributed by atoms with Gasteiger partial charge in [0.15, 0.2) is 5.78 Å². The van der Waals surface area contributed by atoms with Crippen molar-refractivity contribution in [1.82, 2.24) is 0 Å². The van der Waals surface area contributed by atoms with Crippen molar-refractivity contribution < 1.29 is 41.9 Å². The molecule has 0 bridgehead atoms. The molecule has 14 heteroatoms. The fraction of sp³-hybridized carbons (Fsp3) is 0.220. The van der Waals surface area contributed by atoms with Crippen molar-refractivity contribution in [2.45, 2.75) is 39.0 Å². The van der Waals surface area contributed by atoms with E-state index in [1.165, 1.54) is 43.4 Å². The van der Waals surface area contributed by atoms with Gasteiger partial charge in [-0.1, -0.05) is 6.92 Å². The summed E-state index contributed by atoms with van der Waals surface area (Å²) in [5.74, 6) is -1.28. The van der Waals surface area contributed by atoms with Crippen molar-refractivity contribution in [3.8, 4) is 22.6 Å². The van der Waals surface area contributed by atoms with Gasteiger partial charge in [-0.15, -0.1) is 0 Å². The summed E-state index contributed by atoms with van der Waals surface area (Å²) in [6.07, 6.45) is 2.95. The first kappa shape index (κ1) is 39.5. The Hall–Kier alpha value is -5.18. The van der Waals surface area contributed by atoms with E-state index in [9.17, 15) is 33.1 Å². The van der Waals surface area contributed by atoms with Crippen molar-refractivity contribution in [2.24, 2.45) is 5.73 Å². The highest BCUT2D eigenvalue weighted by molar-refractivity contribution is 9.11. The van der Waals surface area contributed by atoms with Gasteiger partial charge < -0.3 is 29.5 Å². The molecule has 4 heterocycles. The minimum atomic E-state index is -1.14. The standard InChI is InChI=1S/C21H17BrFNO3.C19H13BrFNO4.CH5N/c1-2-17(25)20-14-10-15(22)16(24-9-3-4-19(24)26)11-18(14)27-21(20)12-5-7-13(23)8-6-12;20-13-8-12-15(9-14(13)22-7-1-2-16(22)23)26-18(17(12)19(24)25)10-3-5-11(21)6-4-10;1-2/h5-8,10-11H,2-4,9H2,1H3;3-6,8-9H,1-2,7H2,(H,24,25);2H2,1H3. The maximum absolute atomic E-state index is 13.3. The molecule has 2 fully saturated rings. The first-order valence-electron chi connectivity index (χ1n) is 17.4. The first-order valence-corrected chi connectivity index (χ1v) is 19.0. The summed E-state index contributed by atoms with van der Waals surface area (Å²) in [7, 11) is 1.50. The Morgan fingerprint density at radius 1 is 0.709 bits per heavy atom. The van der Waals surface area contributed by atoms with Crippen LogP contribution in [0.5, 0.6) is 0 Å². The lowest BCUT2D eigenvalue weighted by molar-refractivity contribution is -0.117. The molecule has 10 nitrogen and oxygen atoms in total. The van der Waals surface area contributed by atoms with Crippen LogP contribution in [0.25, 0.3) is 44.6 Å². The molecule has 2 saturated heterocycles. The van der Waals surface area contributed by atoms with E-state index in [1.54, 1.807) is 47.1 Å². The van der Waals surface area contributed by atoms with E-state index in [1.807, 2.05) is 6.07 Å². The quantitative estimate of drug-likeness (QED) is 0.151. The molecule has 55 heavy (non-hydrogen) atoms. The Kier molecular flexibility index (Phi) is 12.0. The van der Waals surface area contributed by atoms with Gasteiger partial charge in [0, 0.05) is 75.3 Å². The Bertz CT molecular complexity index is 2440. The topological polar surface area (TPSA) is 147 Å². The molecule has 2 aliphatic heterocycles. The van der Waals surface area contributed by atoms with Crippen molar-refractivity contribution in [3.63, 3.8) is 0 Å². The normalized spacial score (nSPS) is 13.9. The van der Waals surface area contributed by atoms with Gasteiger partial charge in [-0.05, 0) is 112 Å². The van der Waals surface area contributed by atoms with Crippen LogP contribution in [-0.2, 0) is 9.59 Å². The zero-order valence-electron chi connectivity index (χ0n) is 29.8. The number of halogens is 4. The number of nitrogens with zero attached hydrogens (tertiary/aromatic N) is 2. The molecule has 284 valence electrons. The van der Waals surface area contributed by atoms with Crippen LogP contribution in [0.15, 0.2) is 90.6 Å². The van der Waals surface area contributed by atoms with Gasteiger partial charge in [-0.2, -0.15) is 0 Å². The number of furan rings is 2. The SMILES string of the molecule is CCC(=O)c1c(-c2ccc(F)cc2)oc2cc(N3CCCC3=O)c(Br)cc12.CN.O=C(O)c1c(-c2ccc(F)cc2)oc2cc(N3CCCC3=O)c(Br)cc12. The largest absolute Gasteiger partial charge is 0.478 e. The van der Waals surface area contributed by atoms with Crippen LogP contribution in [0.3, 0.4) is 0 Å². The van der Waals surface area contributed by atoms with E-state index in [0.717, 1.165) is 23.0 Å². The molecular weight excluding hydrogens is 844 g/mol. The summed E-state index contributed by atoms with van der Waals surface area (Å²) in [6.45, 7) is 3.07. The summed E-state index contributed by atoms with van der Waals surface area (Å²) in [4.78, 5) is 52.0. The number of amides is 2. The van der Waals surface area contributed by atoms with Gasteiger partial charge in [0.05, 0.1) is 16.9 Å². The number of Topliss-reactive ketones (excluding diaryl/α,β-unsaturated/α-hetero) is 1. The smallest absolute Gasteiger partial charge is 0.340 e. The van der Waals surface area contributed by atoms with Crippen LogP contribution in [0.2, 0.25) is 0 Å². The molecule has 0 unspecified atom stereocenters. The summed E-state index contributed by atoms with van der Waals surface area (Å²) >= 11 is 6.97. The van der Waals surface area contributed by atoms with E-state index in [0.29, 0.717) is 86.9 Å². The molecule has 0 aliphatic carbocycles. The summed E-state index contributed by atoms with van der Waals surface area (Å²) in [5, 5.41) is 10.8. The number of rotatable bonds is 7. The van der Waals surface area contributed by atoms with Crippen molar-refractivity contribution in [2.75, 3.05) is 29.9 Å². The third-order valence-corrected chi connectivity index (χ3v) is 10.5. The van der Waals surface area contributed by atoms with E-state index in [-0.39, 0.29) is 34.7 Å². The van der Waals surface area contributed by atoms with Gasteiger partial charge in [0.25, 0.3) is 0 Å². The van der Waals surface area contributed by atoms with Gasteiger partial charge in [-0.25, -0.2) is 13.6 Å². The number of hydrogen-bond donors (Lipinski definition) is 2. The molecule has 0 saturated carbocycles. The molecular formula is C41H35Br2F2N3O7. The Labute approximate surface area is 331 Å². The molecule has 0 atom stereocenters. The number of aromatic carboxylic acids is 1. The first-order chi connectivity index (χ1) is 26.4. The maximum Gasteiger partial charge on any atom is 0.340 e. The van der Waals surface area contributed by atoms with E-state index in [2.05, 4.69) is 37.6 Å². The summed E-state index contributed by atoms with van der Waals surface area (Å²) in [6, 6.07) is 18.3. The van der Waals surface area contributed by atoms with Crippen molar-refractivity contribution >= 4 is 88.7 Å². The fourth-order valence-corrected chi connectivity index (χ4v) is 7.82. The van der Waals surface area contributed by atoms with Crippen LogP contribution in [-0.4, -0.2) is 48.8 Å². The molecule has 8 rings (SSSR count). The highest BCUT2D eigenvalue weighted by Crippen LogP contribution is 2.42. The monoisotopic (exact) mass is 877 g/mol. The predicted molar refractivity (Wildman–Crippen MR) is 213 cm³/mol. The predicted octanol–water partition coefficient (Wildman–Crippen LogP) is 10.1. The number of fused-ring (bicyclic) bond motifs is 2. The Morgan fingerprint density at radius 3 is 1.47 bits per heavy atom. The number of carbonyl (C=O) groups is 4. The summed E-state index contributed by atoms with van der Waals surface area (Å²) in [5.41, 5.74) is 8.37. The van der Waals surface area contributed by atoms with Crippen LogP contribution in [0, 0.1) is 11.6 Å². The van der Waals surface area contributed by atoms with Crippen LogP contribution in [0.4, 0.5) is 20.2 Å². The van der Waals surface area contributed by atoms with Crippen LogP contribution >= 0.6 is 31.9 Å². The maximum atomic E-state index is 13.3. The molecule has 4 aromatic carbocycles. The van der Waals surface area contributed by atoms with Gasteiger partial charge in [-0.3, -0.25) is 14.4 Å². The average molecular weight is 880 g/mol. The number of carbonyl (C=O) groups excluding carboxylic acids is 3. The number of nitrogens with two attached hydrogens (primary N) is 1. The molecule has 2 amide bonds. The number of carboxylic acids is 1. The Balaban J connectivity index is 0.000000179. The lowest BCUT2D eigenvalue weighted by atomic mass is 10.0. The van der Waals surface area contributed by atoms with Gasteiger partial charge >= 0.3 is 5.97 Å². The zero-order valence-corrected chi connectivity index (χ0v) is 32.9. The molecule has 0 spiro atoms. The zero-order chi connectivity index (χ0) is 39.6. The number of anilines is 2. The highest BCUT2D eigenvalue weighted by Gasteiger charge is 2.29. The second kappa shape index (κ2) is 16.7. The number of benzene rings is 4. The molecule has 3 N–H and O–H groups in total. The molecule has 0 radical (unpaired) electrons. The second-order valence-electron chi connectivity index (χ2n) is 12.6. The number of ketones is 1. The highest BCUT2D eigenvalue weighted by atomic mass is 79.9. The van der Waals surface area contributed by atoms with E-state index < -0.39 is 11.8 Å². The summed E-state index contributed by atoms with van der Waals surface area (Å²) < 4.78 is 39.7. The minimum absolute atomic E-state index is 0.00612.